The van der Waals surface area contributed by atoms with Gasteiger partial charge in [-0.25, -0.2) is 9.59 Å². The number of urea groups is 1. The van der Waals surface area contributed by atoms with Crippen molar-refractivity contribution in [3.63, 3.8) is 0 Å². The molecule has 0 fully saturated rings. The summed E-state index contributed by atoms with van der Waals surface area (Å²) in [5.41, 5.74) is 5.82. The molecular weight excluding hydrogens is 350 g/mol. The van der Waals surface area contributed by atoms with Gasteiger partial charge in [-0.05, 0) is 29.8 Å². The Labute approximate surface area is 153 Å². The van der Waals surface area contributed by atoms with Gasteiger partial charge in [-0.1, -0.05) is 24.3 Å². The minimum absolute atomic E-state index is 0.0947. The molecule has 0 saturated heterocycles. The lowest BCUT2D eigenvalue weighted by molar-refractivity contribution is 0.0947. The van der Waals surface area contributed by atoms with Gasteiger partial charge >= 0.3 is 11.7 Å². The fourth-order valence-electron chi connectivity index (χ4n) is 2.56. The average molecular weight is 367 g/mol. The molecule has 2 aromatic carbocycles. The van der Waals surface area contributed by atoms with E-state index in [1.165, 1.54) is 13.2 Å². The number of para-hydroxylation sites is 1. The van der Waals surface area contributed by atoms with Crippen LogP contribution in [0, 0.1) is 0 Å². The van der Waals surface area contributed by atoms with Crippen molar-refractivity contribution in [2.75, 3.05) is 12.4 Å². The first-order chi connectivity index (χ1) is 13.0. The Balaban J connectivity index is 1.75. The van der Waals surface area contributed by atoms with Crippen LogP contribution in [0.2, 0.25) is 0 Å². The molecule has 3 aromatic rings. The zero-order chi connectivity index (χ0) is 19.4. The Morgan fingerprint density at radius 1 is 1.15 bits per heavy atom. The van der Waals surface area contributed by atoms with Crippen LogP contribution in [0.1, 0.15) is 15.9 Å². The van der Waals surface area contributed by atoms with Crippen LogP contribution >= 0.6 is 0 Å². The van der Waals surface area contributed by atoms with Gasteiger partial charge in [0.2, 0.25) is 0 Å². The Morgan fingerprint density at radius 3 is 2.56 bits per heavy atom. The second kappa shape index (κ2) is 7.61. The van der Waals surface area contributed by atoms with Crippen molar-refractivity contribution in [2.24, 2.45) is 5.73 Å². The molecule has 8 heteroatoms. The molecule has 4 N–H and O–H groups in total. The number of nitrogens with two attached hydrogens (primary N) is 1. The largest absolute Gasteiger partial charge is 0.493 e. The fraction of sp³-hybridized carbons (Fsp3) is 0.105. The van der Waals surface area contributed by atoms with Gasteiger partial charge in [0.05, 0.1) is 7.11 Å². The van der Waals surface area contributed by atoms with E-state index in [4.69, 9.17) is 14.9 Å². The maximum absolute atomic E-state index is 12.4. The number of amides is 3. The molecule has 3 rings (SSSR count). The van der Waals surface area contributed by atoms with Gasteiger partial charge in [0.1, 0.15) is 5.56 Å². The summed E-state index contributed by atoms with van der Waals surface area (Å²) < 4.78 is 10.4. The lowest BCUT2D eigenvalue weighted by atomic mass is 10.1. The number of ether oxygens (including phenoxy) is 1. The highest BCUT2D eigenvalue weighted by Gasteiger charge is 2.15. The van der Waals surface area contributed by atoms with Crippen LogP contribution in [0.5, 0.6) is 5.75 Å². The Hall–Kier alpha value is -3.81. The molecule has 0 atom stereocenters. The van der Waals surface area contributed by atoms with Gasteiger partial charge in [0.25, 0.3) is 5.91 Å². The molecule has 138 valence electrons. The van der Waals surface area contributed by atoms with E-state index < -0.39 is 17.6 Å². The molecule has 0 aliphatic carbocycles. The zero-order valence-electron chi connectivity index (χ0n) is 14.4. The molecule has 1 heterocycles. The monoisotopic (exact) mass is 367 g/mol. The molecule has 3 amide bonds. The number of methoxy groups -OCH3 is 1. The normalized spacial score (nSPS) is 10.4. The summed E-state index contributed by atoms with van der Waals surface area (Å²) in [5, 5.41) is 5.70. The molecular formula is C19H17N3O5. The van der Waals surface area contributed by atoms with Crippen molar-refractivity contribution in [3.05, 3.63) is 70.1 Å². The van der Waals surface area contributed by atoms with Crippen LogP contribution in [0.25, 0.3) is 11.0 Å². The van der Waals surface area contributed by atoms with Crippen LogP contribution in [0.3, 0.4) is 0 Å². The van der Waals surface area contributed by atoms with Crippen LogP contribution in [-0.2, 0) is 6.54 Å². The maximum atomic E-state index is 12.4. The van der Waals surface area contributed by atoms with Crippen LogP contribution in [0.15, 0.2) is 57.7 Å². The van der Waals surface area contributed by atoms with E-state index in [0.29, 0.717) is 22.4 Å². The Kier molecular flexibility index (Phi) is 5.07. The first kappa shape index (κ1) is 18.0. The molecule has 0 saturated carbocycles. The van der Waals surface area contributed by atoms with E-state index >= 15 is 0 Å². The minimum atomic E-state index is -0.745. The first-order valence-corrected chi connectivity index (χ1v) is 8.02. The topological polar surface area (TPSA) is 124 Å². The van der Waals surface area contributed by atoms with Crippen molar-refractivity contribution in [1.82, 2.24) is 5.32 Å². The minimum Gasteiger partial charge on any atom is -0.493 e. The predicted molar refractivity (Wildman–Crippen MR) is 99.9 cm³/mol. The number of nitrogens with one attached hydrogen (secondary N) is 2. The molecule has 0 bridgehead atoms. The number of benzene rings is 2. The van der Waals surface area contributed by atoms with E-state index in [2.05, 4.69) is 10.6 Å². The van der Waals surface area contributed by atoms with E-state index in [1.807, 2.05) is 0 Å². The molecule has 0 spiro atoms. The van der Waals surface area contributed by atoms with E-state index in [0.717, 1.165) is 5.56 Å². The molecule has 1 aromatic heterocycles. The molecule has 0 aliphatic heterocycles. The predicted octanol–water partition coefficient (Wildman–Crippen LogP) is 2.22. The highest BCUT2D eigenvalue weighted by atomic mass is 16.5. The van der Waals surface area contributed by atoms with E-state index in [9.17, 15) is 14.4 Å². The van der Waals surface area contributed by atoms with Gasteiger partial charge < -0.3 is 25.5 Å². The molecule has 27 heavy (non-hydrogen) atoms. The number of carbonyl (C=O) groups excluding carboxylic acids is 2. The van der Waals surface area contributed by atoms with Crippen molar-refractivity contribution >= 4 is 28.6 Å². The van der Waals surface area contributed by atoms with E-state index in [1.54, 1.807) is 42.5 Å². The lowest BCUT2D eigenvalue weighted by Gasteiger charge is -2.08. The number of rotatable bonds is 5. The molecule has 0 unspecified atom stereocenters. The van der Waals surface area contributed by atoms with Crippen molar-refractivity contribution in [1.29, 1.82) is 0 Å². The standard InChI is InChI=1S/C19H17N3O5/c1-26-15-4-2-3-12-9-14(18(24)27-16(12)15)17(23)21-10-11-5-7-13(8-6-11)22-19(20)25/h2-9H,10H2,1H3,(H,21,23)(H3,20,22,25). The summed E-state index contributed by atoms with van der Waals surface area (Å²) in [6, 6.07) is 12.7. The van der Waals surface area contributed by atoms with Crippen molar-refractivity contribution in [3.8, 4) is 5.75 Å². The maximum Gasteiger partial charge on any atom is 0.349 e. The summed E-state index contributed by atoms with van der Waals surface area (Å²) in [6.45, 7) is 0.200. The Morgan fingerprint density at radius 2 is 1.89 bits per heavy atom. The second-order valence-corrected chi connectivity index (χ2v) is 5.70. The SMILES string of the molecule is COc1cccc2cc(C(=O)NCc3ccc(NC(N)=O)cc3)c(=O)oc12. The Bertz CT molecular complexity index is 1060. The van der Waals surface area contributed by atoms with Crippen LogP contribution < -0.4 is 26.7 Å². The van der Waals surface area contributed by atoms with E-state index in [-0.39, 0.29) is 12.1 Å². The summed E-state index contributed by atoms with van der Waals surface area (Å²) in [5.74, 6) is -0.131. The van der Waals surface area contributed by atoms with Gasteiger partial charge in [-0.3, -0.25) is 4.79 Å². The average Bonchev–Trinajstić information content (AvgIpc) is 2.65. The quantitative estimate of drug-likeness (QED) is 0.597. The third-order valence-corrected chi connectivity index (χ3v) is 3.86. The van der Waals surface area contributed by atoms with Crippen molar-refractivity contribution in [2.45, 2.75) is 6.54 Å². The van der Waals surface area contributed by atoms with Crippen LogP contribution in [0.4, 0.5) is 10.5 Å². The summed E-state index contributed by atoms with van der Waals surface area (Å²) in [7, 11) is 1.47. The summed E-state index contributed by atoms with van der Waals surface area (Å²) in [6.07, 6.45) is 0. The summed E-state index contributed by atoms with van der Waals surface area (Å²) >= 11 is 0. The van der Waals surface area contributed by atoms with Gasteiger partial charge in [-0.15, -0.1) is 0 Å². The van der Waals surface area contributed by atoms with Crippen LogP contribution in [-0.4, -0.2) is 19.0 Å². The number of carbonyl (C=O) groups is 2. The number of primary amides is 1. The highest BCUT2D eigenvalue weighted by molar-refractivity contribution is 5.97. The third-order valence-electron chi connectivity index (χ3n) is 3.86. The van der Waals surface area contributed by atoms with Gasteiger partial charge in [0, 0.05) is 17.6 Å². The molecule has 0 aliphatic rings. The number of anilines is 1. The fourth-order valence-corrected chi connectivity index (χ4v) is 2.56. The lowest BCUT2D eigenvalue weighted by Crippen LogP contribution is -2.27. The number of fused-ring (bicyclic) bond motifs is 1. The summed E-state index contributed by atoms with van der Waals surface area (Å²) in [4.78, 5) is 35.3. The van der Waals surface area contributed by atoms with Crippen molar-refractivity contribution < 1.29 is 18.7 Å². The first-order valence-electron chi connectivity index (χ1n) is 8.02. The molecule has 8 nitrogen and oxygen atoms in total. The zero-order valence-corrected chi connectivity index (χ0v) is 14.4. The number of hydrogen-bond donors (Lipinski definition) is 3. The molecule has 0 radical (unpaired) electrons. The third kappa shape index (κ3) is 4.06. The van der Waals surface area contributed by atoms with Gasteiger partial charge in [0.15, 0.2) is 11.3 Å². The number of hydrogen-bond acceptors (Lipinski definition) is 5. The smallest absolute Gasteiger partial charge is 0.349 e. The second-order valence-electron chi connectivity index (χ2n) is 5.70. The highest BCUT2D eigenvalue weighted by Crippen LogP contribution is 2.24. The van der Waals surface area contributed by atoms with Gasteiger partial charge in [-0.2, -0.15) is 0 Å².